The quantitative estimate of drug-likeness (QED) is 0.591. The Morgan fingerprint density at radius 2 is 1.93 bits per heavy atom. The zero-order valence-electron chi connectivity index (χ0n) is 16.1. The number of benzene rings is 2. The number of amides is 1. The highest BCUT2D eigenvalue weighted by Crippen LogP contribution is 2.20. The highest BCUT2D eigenvalue weighted by Gasteiger charge is 2.12. The molecule has 0 aliphatic heterocycles. The Morgan fingerprint density at radius 1 is 1.14 bits per heavy atom. The maximum atomic E-state index is 12.3. The monoisotopic (exact) mass is 380 g/mol. The molecule has 0 aliphatic rings. The van der Waals surface area contributed by atoms with Crippen LogP contribution >= 0.6 is 0 Å². The number of rotatable bonds is 9. The number of nitrogens with one attached hydrogen (secondary N) is 2. The van der Waals surface area contributed by atoms with Gasteiger partial charge in [0.05, 0.1) is 7.11 Å². The number of hydrogen-bond acceptors (Lipinski definition) is 6. The van der Waals surface area contributed by atoms with Gasteiger partial charge in [-0.3, -0.25) is 4.79 Å². The van der Waals surface area contributed by atoms with Gasteiger partial charge < -0.3 is 19.9 Å². The van der Waals surface area contributed by atoms with E-state index in [0.29, 0.717) is 24.7 Å². The first-order valence-electron chi connectivity index (χ1n) is 9.25. The Balaban J connectivity index is 1.56. The maximum Gasteiger partial charge on any atom is 0.227 e. The van der Waals surface area contributed by atoms with Crippen molar-refractivity contribution in [1.82, 2.24) is 15.5 Å². The van der Waals surface area contributed by atoms with Crippen LogP contribution in [0, 0.1) is 0 Å². The van der Waals surface area contributed by atoms with Crippen molar-refractivity contribution in [2.75, 3.05) is 19.0 Å². The third-order valence-corrected chi connectivity index (χ3v) is 4.24. The van der Waals surface area contributed by atoms with Crippen molar-refractivity contribution in [3.8, 4) is 17.1 Å². The van der Waals surface area contributed by atoms with E-state index in [1.807, 2.05) is 55.5 Å². The van der Waals surface area contributed by atoms with E-state index in [9.17, 15) is 4.79 Å². The average molecular weight is 380 g/mol. The molecular formula is C21H24N4O3. The average Bonchev–Trinajstić information content (AvgIpc) is 3.21. The van der Waals surface area contributed by atoms with Crippen LogP contribution in [0.25, 0.3) is 11.4 Å². The first-order chi connectivity index (χ1) is 13.7. The normalized spacial score (nSPS) is 10.6. The van der Waals surface area contributed by atoms with Gasteiger partial charge in [-0.15, -0.1) is 0 Å². The number of hydrogen-bond donors (Lipinski definition) is 2. The molecule has 3 rings (SSSR count). The minimum Gasteiger partial charge on any atom is -0.497 e. The van der Waals surface area contributed by atoms with Crippen molar-refractivity contribution in [1.29, 1.82) is 0 Å². The predicted molar refractivity (Wildman–Crippen MR) is 107 cm³/mol. The summed E-state index contributed by atoms with van der Waals surface area (Å²) < 4.78 is 10.4. The van der Waals surface area contributed by atoms with Gasteiger partial charge in [0.1, 0.15) is 5.75 Å². The number of ether oxygens (including phenoxy) is 1. The Kier molecular flexibility index (Phi) is 6.75. The number of aromatic nitrogens is 2. The smallest absolute Gasteiger partial charge is 0.227 e. The van der Waals surface area contributed by atoms with Crippen molar-refractivity contribution in [3.63, 3.8) is 0 Å². The number of para-hydroxylation sites is 1. The molecular weight excluding hydrogens is 356 g/mol. The standard InChI is InChI=1S/C21H24N4O3/c1-3-22-14-16-6-4-5-7-18(16)23-19(26)12-13-20-24-21(25-28-20)15-8-10-17(27-2)11-9-15/h4-11,22H,3,12-14H2,1-2H3,(H,23,26). The summed E-state index contributed by atoms with van der Waals surface area (Å²) in [7, 11) is 1.62. The lowest BCUT2D eigenvalue weighted by Gasteiger charge is -2.11. The SMILES string of the molecule is CCNCc1ccccc1NC(=O)CCc1nc(-c2ccc(OC)cc2)no1. The highest BCUT2D eigenvalue weighted by molar-refractivity contribution is 5.91. The van der Waals surface area contributed by atoms with E-state index in [1.165, 1.54) is 0 Å². The fraction of sp³-hybridized carbons (Fsp3) is 0.286. The molecule has 0 aliphatic carbocycles. The van der Waals surface area contributed by atoms with Crippen molar-refractivity contribution >= 4 is 11.6 Å². The Bertz CT molecular complexity index is 906. The molecule has 1 amide bonds. The minimum atomic E-state index is -0.0897. The number of aryl methyl sites for hydroxylation is 1. The van der Waals surface area contributed by atoms with Crippen LogP contribution in [0.2, 0.25) is 0 Å². The molecule has 2 N–H and O–H groups in total. The van der Waals surface area contributed by atoms with Crippen LogP contribution in [0.3, 0.4) is 0 Å². The third kappa shape index (κ3) is 5.17. The van der Waals surface area contributed by atoms with E-state index in [-0.39, 0.29) is 12.3 Å². The Labute approximate surface area is 164 Å². The molecule has 0 radical (unpaired) electrons. The Hall–Kier alpha value is -3.19. The van der Waals surface area contributed by atoms with Gasteiger partial charge in [0, 0.05) is 30.6 Å². The lowest BCUT2D eigenvalue weighted by atomic mass is 10.1. The van der Waals surface area contributed by atoms with Crippen LogP contribution < -0.4 is 15.4 Å². The molecule has 0 spiro atoms. The lowest BCUT2D eigenvalue weighted by molar-refractivity contribution is -0.116. The predicted octanol–water partition coefficient (Wildman–Crippen LogP) is 3.43. The maximum absolute atomic E-state index is 12.3. The molecule has 146 valence electrons. The molecule has 28 heavy (non-hydrogen) atoms. The van der Waals surface area contributed by atoms with Crippen LogP contribution in [0.5, 0.6) is 5.75 Å². The molecule has 7 nitrogen and oxygen atoms in total. The molecule has 1 aromatic heterocycles. The molecule has 0 atom stereocenters. The molecule has 0 unspecified atom stereocenters. The largest absolute Gasteiger partial charge is 0.497 e. The molecule has 0 bridgehead atoms. The summed E-state index contributed by atoms with van der Waals surface area (Å²) in [5.74, 6) is 1.60. The molecule has 1 heterocycles. The van der Waals surface area contributed by atoms with Gasteiger partial charge in [0.15, 0.2) is 0 Å². The van der Waals surface area contributed by atoms with E-state index < -0.39 is 0 Å². The molecule has 3 aromatic rings. The molecule has 0 fully saturated rings. The van der Waals surface area contributed by atoms with Crippen molar-refractivity contribution in [2.45, 2.75) is 26.3 Å². The summed E-state index contributed by atoms with van der Waals surface area (Å²) in [5, 5.41) is 10.2. The summed E-state index contributed by atoms with van der Waals surface area (Å²) in [6.07, 6.45) is 0.643. The van der Waals surface area contributed by atoms with Gasteiger partial charge in [-0.05, 0) is 42.4 Å². The summed E-state index contributed by atoms with van der Waals surface area (Å²) in [4.78, 5) is 16.7. The second kappa shape index (κ2) is 9.66. The third-order valence-electron chi connectivity index (χ3n) is 4.24. The van der Waals surface area contributed by atoms with Crippen LogP contribution in [0.4, 0.5) is 5.69 Å². The van der Waals surface area contributed by atoms with Crippen LogP contribution in [0.1, 0.15) is 24.8 Å². The number of nitrogens with zero attached hydrogens (tertiary/aromatic N) is 2. The zero-order valence-corrected chi connectivity index (χ0v) is 16.1. The zero-order chi connectivity index (χ0) is 19.8. The van der Waals surface area contributed by atoms with Crippen LogP contribution in [0.15, 0.2) is 53.1 Å². The van der Waals surface area contributed by atoms with Crippen LogP contribution in [-0.2, 0) is 17.8 Å². The number of methoxy groups -OCH3 is 1. The second-order valence-electron chi connectivity index (χ2n) is 6.23. The summed E-state index contributed by atoms with van der Waals surface area (Å²) in [6.45, 7) is 3.63. The van der Waals surface area contributed by atoms with E-state index >= 15 is 0 Å². The molecule has 7 heteroatoms. The highest BCUT2D eigenvalue weighted by atomic mass is 16.5. The van der Waals surface area contributed by atoms with E-state index in [1.54, 1.807) is 7.11 Å². The number of carbonyl (C=O) groups excluding carboxylic acids is 1. The van der Waals surface area contributed by atoms with Crippen molar-refractivity contribution < 1.29 is 14.1 Å². The van der Waals surface area contributed by atoms with E-state index in [4.69, 9.17) is 9.26 Å². The summed E-state index contributed by atoms with van der Waals surface area (Å²) in [6, 6.07) is 15.2. The molecule has 2 aromatic carbocycles. The van der Waals surface area contributed by atoms with Gasteiger partial charge in [0.25, 0.3) is 0 Å². The van der Waals surface area contributed by atoms with Crippen molar-refractivity contribution in [3.05, 3.63) is 60.0 Å². The van der Waals surface area contributed by atoms with E-state index in [2.05, 4.69) is 20.8 Å². The van der Waals surface area contributed by atoms with Gasteiger partial charge in [0.2, 0.25) is 17.6 Å². The molecule has 0 saturated carbocycles. The van der Waals surface area contributed by atoms with Crippen LogP contribution in [-0.4, -0.2) is 29.7 Å². The molecule has 0 saturated heterocycles. The minimum absolute atomic E-state index is 0.0897. The number of anilines is 1. The van der Waals surface area contributed by atoms with Gasteiger partial charge in [-0.25, -0.2) is 0 Å². The lowest BCUT2D eigenvalue weighted by Crippen LogP contribution is -2.17. The first kappa shape index (κ1) is 19.6. The van der Waals surface area contributed by atoms with Gasteiger partial charge in [-0.1, -0.05) is 30.3 Å². The first-order valence-corrected chi connectivity index (χ1v) is 9.25. The summed E-state index contributed by atoms with van der Waals surface area (Å²) >= 11 is 0. The van der Waals surface area contributed by atoms with Crippen molar-refractivity contribution in [2.24, 2.45) is 0 Å². The summed E-state index contributed by atoms with van der Waals surface area (Å²) in [5.41, 5.74) is 2.70. The number of carbonyl (C=O) groups is 1. The van der Waals surface area contributed by atoms with Gasteiger partial charge in [-0.2, -0.15) is 4.98 Å². The fourth-order valence-corrected chi connectivity index (χ4v) is 2.70. The fourth-order valence-electron chi connectivity index (χ4n) is 2.70. The van der Waals surface area contributed by atoms with E-state index in [0.717, 1.165) is 29.1 Å². The van der Waals surface area contributed by atoms with Gasteiger partial charge >= 0.3 is 0 Å². The second-order valence-corrected chi connectivity index (χ2v) is 6.23. The Morgan fingerprint density at radius 3 is 2.68 bits per heavy atom. The topological polar surface area (TPSA) is 89.3 Å².